The monoisotopic (exact) mass is 305 g/mol. The lowest BCUT2D eigenvalue weighted by molar-refractivity contribution is 0.383. The second-order valence-electron chi connectivity index (χ2n) is 3.55. The van der Waals surface area contributed by atoms with Crippen LogP contribution < -0.4 is 4.72 Å². The molecule has 0 fully saturated rings. The number of hydrogen-bond donors (Lipinski definition) is 1. The van der Waals surface area contributed by atoms with Gasteiger partial charge in [0.15, 0.2) is 0 Å². The van der Waals surface area contributed by atoms with Crippen LogP contribution in [0.2, 0.25) is 5.02 Å². The number of halogens is 2. The third kappa shape index (κ3) is 3.02. The molecular weight excluding hydrogens is 297 g/mol. The third-order valence-electron chi connectivity index (χ3n) is 2.20. The lowest BCUT2D eigenvalue weighted by Crippen LogP contribution is -2.14. The van der Waals surface area contributed by atoms with Crippen LogP contribution in [-0.4, -0.2) is 18.6 Å². The van der Waals surface area contributed by atoms with Crippen molar-refractivity contribution in [1.29, 1.82) is 0 Å². The van der Waals surface area contributed by atoms with Crippen LogP contribution in [0.15, 0.2) is 27.6 Å². The summed E-state index contributed by atoms with van der Waals surface area (Å²) >= 11 is 5.53. The number of anilines is 1. The second kappa shape index (κ2) is 5.14. The molecule has 2 aromatic rings. The molecule has 1 heterocycles. The first-order valence-electron chi connectivity index (χ1n) is 5.23. The zero-order valence-corrected chi connectivity index (χ0v) is 11.3. The SMILES string of the molecule is CCc1nc(NS(=O)(=O)c2ccc(F)c(Cl)c2)no1. The Morgan fingerprint density at radius 2 is 2.21 bits per heavy atom. The molecule has 0 saturated heterocycles. The molecule has 0 spiro atoms. The number of benzene rings is 1. The topological polar surface area (TPSA) is 85.1 Å². The van der Waals surface area contributed by atoms with Crippen molar-refractivity contribution >= 4 is 27.6 Å². The van der Waals surface area contributed by atoms with Gasteiger partial charge in [-0.3, -0.25) is 0 Å². The van der Waals surface area contributed by atoms with E-state index in [2.05, 4.69) is 14.9 Å². The molecule has 1 aromatic heterocycles. The van der Waals surface area contributed by atoms with Gasteiger partial charge in [0.05, 0.1) is 9.92 Å². The predicted molar refractivity (Wildman–Crippen MR) is 65.9 cm³/mol. The maximum atomic E-state index is 13.0. The van der Waals surface area contributed by atoms with Gasteiger partial charge >= 0.3 is 0 Å². The highest BCUT2D eigenvalue weighted by molar-refractivity contribution is 7.92. The van der Waals surface area contributed by atoms with E-state index in [9.17, 15) is 12.8 Å². The summed E-state index contributed by atoms with van der Waals surface area (Å²) in [4.78, 5) is 3.61. The molecule has 0 aliphatic rings. The Hall–Kier alpha value is -1.67. The number of aryl methyl sites for hydroxylation is 1. The minimum atomic E-state index is -3.93. The average Bonchev–Trinajstić information content (AvgIpc) is 2.79. The fourth-order valence-corrected chi connectivity index (χ4v) is 2.47. The fraction of sp³-hybridized carbons (Fsp3) is 0.200. The minimum absolute atomic E-state index is 0.183. The van der Waals surface area contributed by atoms with Crippen LogP contribution in [0.4, 0.5) is 10.3 Å². The second-order valence-corrected chi connectivity index (χ2v) is 5.64. The van der Waals surface area contributed by atoms with Gasteiger partial charge in [-0.1, -0.05) is 18.5 Å². The molecule has 0 aliphatic carbocycles. The highest BCUT2D eigenvalue weighted by Crippen LogP contribution is 2.20. The van der Waals surface area contributed by atoms with Crippen molar-refractivity contribution in [3.8, 4) is 0 Å². The summed E-state index contributed by atoms with van der Waals surface area (Å²) in [6.45, 7) is 1.78. The Balaban J connectivity index is 2.29. The molecule has 0 radical (unpaired) electrons. The van der Waals surface area contributed by atoms with Gasteiger partial charge in [-0.2, -0.15) is 4.98 Å². The van der Waals surface area contributed by atoms with Gasteiger partial charge in [-0.05, 0) is 23.4 Å². The molecule has 0 bridgehead atoms. The Bertz CT molecular complexity index is 702. The Morgan fingerprint density at radius 3 is 2.79 bits per heavy atom. The van der Waals surface area contributed by atoms with E-state index in [1.807, 2.05) is 0 Å². The molecule has 9 heteroatoms. The van der Waals surface area contributed by atoms with Gasteiger partial charge < -0.3 is 4.52 Å². The highest BCUT2D eigenvalue weighted by Gasteiger charge is 2.18. The summed E-state index contributed by atoms with van der Waals surface area (Å²) in [6.07, 6.45) is 0.483. The summed E-state index contributed by atoms with van der Waals surface area (Å²) in [6, 6.07) is 3.05. The molecule has 0 amide bonds. The van der Waals surface area contributed by atoms with E-state index in [1.54, 1.807) is 6.92 Å². The maximum Gasteiger partial charge on any atom is 0.277 e. The van der Waals surface area contributed by atoms with Crippen LogP contribution >= 0.6 is 11.6 Å². The number of rotatable bonds is 4. The normalized spacial score (nSPS) is 11.5. The van der Waals surface area contributed by atoms with E-state index in [0.717, 1.165) is 18.2 Å². The number of hydrogen-bond acceptors (Lipinski definition) is 5. The summed E-state index contributed by atoms with van der Waals surface area (Å²) in [5.74, 6) is -0.583. The molecule has 2 rings (SSSR count). The van der Waals surface area contributed by atoms with Crippen molar-refractivity contribution in [2.45, 2.75) is 18.2 Å². The minimum Gasteiger partial charge on any atom is -0.337 e. The van der Waals surface area contributed by atoms with Gasteiger partial charge in [-0.25, -0.2) is 17.5 Å². The van der Waals surface area contributed by atoms with Gasteiger partial charge in [0.2, 0.25) is 5.89 Å². The lowest BCUT2D eigenvalue weighted by atomic mass is 10.3. The highest BCUT2D eigenvalue weighted by atomic mass is 35.5. The first-order valence-corrected chi connectivity index (χ1v) is 7.09. The molecule has 0 unspecified atom stereocenters. The van der Waals surface area contributed by atoms with Crippen LogP contribution in [0.1, 0.15) is 12.8 Å². The smallest absolute Gasteiger partial charge is 0.277 e. The molecule has 6 nitrogen and oxygen atoms in total. The van der Waals surface area contributed by atoms with E-state index < -0.39 is 15.8 Å². The molecule has 19 heavy (non-hydrogen) atoms. The summed E-state index contributed by atoms with van der Waals surface area (Å²) in [7, 11) is -3.93. The first kappa shape index (κ1) is 13.8. The van der Waals surface area contributed by atoms with Gasteiger partial charge in [-0.15, -0.1) is 0 Å². The average molecular weight is 306 g/mol. The lowest BCUT2D eigenvalue weighted by Gasteiger charge is -2.04. The van der Waals surface area contributed by atoms with Gasteiger partial charge in [0.1, 0.15) is 5.82 Å². The zero-order valence-electron chi connectivity index (χ0n) is 9.72. The largest absolute Gasteiger partial charge is 0.337 e. The van der Waals surface area contributed by atoms with Crippen molar-refractivity contribution < 1.29 is 17.3 Å². The zero-order chi connectivity index (χ0) is 14.0. The van der Waals surface area contributed by atoms with Crippen LogP contribution in [0.25, 0.3) is 0 Å². The van der Waals surface area contributed by atoms with Crippen molar-refractivity contribution in [2.24, 2.45) is 0 Å². The number of nitrogens with one attached hydrogen (secondary N) is 1. The number of aromatic nitrogens is 2. The van der Waals surface area contributed by atoms with Crippen LogP contribution in [0, 0.1) is 5.82 Å². The van der Waals surface area contributed by atoms with Crippen LogP contribution in [0.5, 0.6) is 0 Å². The number of sulfonamides is 1. The molecule has 0 aliphatic heterocycles. The van der Waals surface area contributed by atoms with Gasteiger partial charge in [0, 0.05) is 6.42 Å². The summed E-state index contributed by atoms with van der Waals surface area (Å²) in [5, 5.41) is 3.17. The van der Waals surface area contributed by atoms with Gasteiger partial charge in [0.25, 0.3) is 16.0 Å². The van der Waals surface area contributed by atoms with E-state index in [0.29, 0.717) is 12.3 Å². The predicted octanol–water partition coefficient (Wildman–Crippen LogP) is 2.23. The molecule has 0 saturated carbocycles. The van der Waals surface area contributed by atoms with E-state index in [1.165, 1.54) is 0 Å². The first-order chi connectivity index (χ1) is 8.92. The van der Waals surface area contributed by atoms with Crippen LogP contribution in [-0.2, 0) is 16.4 Å². The number of nitrogens with zero attached hydrogens (tertiary/aromatic N) is 2. The van der Waals surface area contributed by atoms with Crippen LogP contribution in [0.3, 0.4) is 0 Å². The van der Waals surface area contributed by atoms with Crippen molar-refractivity contribution in [2.75, 3.05) is 4.72 Å². The molecule has 1 N–H and O–H groups in total. The Morgan fingerprint density at radius 1 is 1.47 bits per heavy atom. The standard InChI is InChI=1S/C10H9ClFN3O3S/c1-2-9-13-10(14-18-9)15-19(16,17)6-3-4-8(12)7(11)5-6/h3-5H,2H2,1H3,(H,14,15). The summed E-state index contributed by atoms with van der Waals surface area (Å²) < 4.78 is 43.7. The van der Waals surface area contributed by atoms with E-state index >= 15 is 0 Å². The van der Waals surface area contributed by atoms with Crippen molar-refractivity contribution in [3.05, 3.63) is 34.9 Å². The van der Waals surface area contributed by atoms with E-state index in [-0.39, 0.29) is 15.9 Å². The molecular formula is C10H9ClFN3O3S. The third-order valence-corrected chi connectivity index (χ3v) is 3.81. The van der Waals surface area contributed by atoms with Crippen molar-refractivity contribution in [1.82, 2.24) is 10.1 Å². The quantitative estimate of drug-likeness (QED) is 0.936. The molecule has 102 valence electrons. The summed E-state index contributed by atoms with van der Waals surface area (Å²) in [5.41, 5.74) is 0. The Kier molecular flexibility index (Phi) is 3.72. The van der Waals surface area contributed by atoms with Crippen molar-refractivity contribution in [3.63, 3.8) is 0 Å². The fourth-order valence-electron chi connectivity index (χ4n) is 1.26. The molecule has 0 atom stereocenters. The Labute approximate surface area is 113 Å². The molecule has 1 aromatic carbocycles. The van der Waals surface area contributed by atoms with E-state index in [4.69, 9.17) is 16.1 Å². The maximum absolute atomic E-state index is 13.0.